The molecule has 4 nitrogen and oxygen atoms in total. The van der Waals surface area contributed by atoms with Crippen molar-refractivity contribution in [2.24, 2.45) is 5.73 Å². The maximum Gasteiger partial charge on any atom is 0.221 e. The smallest absolute Gasteiger partial charge is 0.221 e. The molecule has 1 amide bonds. The van der Waals surface area contributed by atoms with Crippen molar-refractivity contribution in [3.05, 3.63) is 65.2 Å². The van der Waals surface area contributed by atoms with Gasteiger partial charge < -0.3 is 11.1 Å². The highest BCUT2D eigenvalue weighted by Crippen LogP contribution is 2.12. The van der Waals surface area contributed by atoms with E-state index in [9.17, 15) is 4.79 Å². The molecule has 0 radical (unpaired) electrons. The minimum absolute atomic E-state index is 0.260. The molecule has 0 bridgehead atoms. The first-order valence-corrected chi connectivity index (χ1v) is 6.27. The lowest BCUT2D eigenvalue weighted by Crippen LogP contribution is -2.13. The molecule has 0 aliphatic carbocycles. The molecule has 0 unspecified atom stereocenters. The quantitative estimate of drug-likeness (QED) is 0.869. The Kier molecular flexibility index (Phi) is 4.35. The molecule has 0 aromatic heterocycles. The molecule has 2 aromatic carbocycles. The van der Waals surface area contributed by atoms with Crippen LogP contribution in [0.2, 0.25) is 0 Å². The molecule has 2 rings (SSSR count). The van der Waals surface area contributed by atoms with Gasteiger partial charge in [0, 0.05) is 12.2 Å². The Morgan fingerprint density at radius 3 is 2.20 bits per heavy atom. The summed E-state index contributed by atoms with van der Waals surface area (Å²) >= 11 is 0. The normalized spacial score (nSPS) is 9.75. The summed E-state index contributed by atoms with van der Waals surface area (Å²) in [6.07, 6.45) is 0.260. The van der Waals surface area contributed by atoms with E-state index in [1.165, 1.54) is 0 Å². The molecule has 0 aliphatic rings. The van der Waals surface area contributed by atoms with Crippen LogP contribution >= 0.6 is 0 Å². The second kappa shape index (κ2) is 6.39. The van der Waals surface area contributed by atoms with Gasteiger partial charge in [0.15, 0.2) is 0 Å². The van der Waals surface area contributed by atoms with Crippen LogP contribution in [0, 0.1) is 11.3 Å². The fourth-order valence-electron chi connectivity index (χ4n) is 1.84. The maximum absolute atomic E-state index is 10.8. The van der Waals surface area contributed by atoms with E-state index in [4.69, 9.17) is 11.0 Å². The number of rotatable bonds is 5. The molecule has 20 heavy (non-hydrogen) atoms. The van der Waals surface area contributed by atoms with Gasteiger partial charge in [0.05, 0.1) is 18.1 Å². The van der Waals surface area contributed by atoms with Gasteiger partial charge in [-0.3, -0.25) is 4.79 Å². The monoisotopic (exact) mass is 265 g/mol. The van der Waals surface area contributed by atoms with Gasteiger partial charge in [0.1, 0.15) is 0 Å². The Morgan fingerprint density at radius 2 is 1.65 bits per heavy atom. The van der Waals surface area contributed by atoms with E-state index >= 15 is 0 Å². The number of benzene rings is 2. The number of carbonyl (C=O) groups excluding carboxylic acids is 1. The van der Waals surface area contributed by atoms with E-state index in [1.54, 1.807) is 12.1 Å². The van der Waals surface area contributed by atoms with Crippen LogP contribution in [0.1, 0.15) is 16.7 Å². The third kappa shape index (κ3) is 3.85. The summed E-state index contributed by atoms with van der Waals surface area (Å²) in [5.74, 6) is -0.330. The molecule has 0 atom stereocenters. The average molecular weight is 265 g/mol. The third-order valence-electron chi connectivity index (χ3n) is 2.91. The molecule has 2 aromatic rings. The number of anilines is 1. The summed E-state index contributed by atoms with van der Waals surface area (Å²) in [5.41, 5.74) is 8.78. The molecule has 0 heterocycles. The number of nitrogens with one attached hydrogen (secondary N) is 1. The van der Waals surface area contributed by atoms with E-state index in [0.717, 1.165) is 16.8 Å². The van der Waals surface area contributed by atoms with Crippen molar-refractivity contribution >= 4 is 11.6 Å². The first kappa shape index (κ1) is 13.6. The zero-order chi connectivity index (χ0) is 14.4. The molecule has 0 fully saturated rings. The van der Waals surface area contributed by atoms with Crippen LogP contribution in [-0.4, -0.2) is 5.91 Å². The SMILES string of the molecule is N#Cc1ccc(CNc2ccc(CC(N)=O)cc2)cc1. The van der Waals surface area contributed by atoms with Crippen molar-refractivity contribution in [1.82, 2.24) is 0 Å². The largest absolute Gasteiger partial charge is 0.381 e. The average Bonchev–Trinajstić information content (AvgIpc) is 2.46. The molecule has 100 valence electrons. The second-order valence-electron chi connectivity index (χ2n) is 4.50. The van der Waals surface area contributed by atoms with Crippen LogP contribution in [0.15, 0.2) is 48.5 Å². The van der Waals surface area contributed by atoms with Gasteiger partial charge in [-0.2, -0.15) is 5.26 Å². The molecule has 4 heteroatoms. The number of primary amides is 1. The number of nitrogens with zero attached hydrogens (tertiary/aromatic N) is 1. The highest BCUT2D eigenvalue weighted by atomic mass is 16.1. The topological polar surface area (TPSA) is 78.9 Å². The number of nitriles is 1. The van der Waals surface area contributed by atoms with Gasteiger partial charge in [-0.05, 0) is 35.4 Å². The number of amides is 1. The zero-order valence-corrected chi connectivity index (χ0v) is 11.0. The van der Waals surface area contributed by atoms with E-state index in [2.05, 4.69) is 11.4 Å². The first-order valence-electron chi connectivity index (χ1n) is 6.27. The van der Waals surface area contributed by atoms with E-state index < -0.39 is 0 Å². The Labute approximate surface area is 117 Å². The molecular weight excluding hydrogens is 250 g/mol. The highest BCUT2D eigenvalue weighted by molar-refractivity contribution is 5.76. The summed E-state index contributed by atoms with van der Waals surface area (Å²) in [7, 11) is 0. The molecule has 0 saturated carbocycles. The molecule has 0 saturated heterocycles. The summed E-state index contributed by atoms with van der Waals surface area (Å²) in [4.78, 5) is 10.8. The number of nitrogens with two attached hydrogens (primary N) is 1. The Balaban J connectivity index is 1.93. The first-order chi connectivity index (χ1) is 9.67. The van der Waals surface area contributed by atoms with Crippen molar-refractivity contribution in [3.8, 4) is 6.07 Å². The van der Waals surface area contributed by atoms with Gasteiger partial charge in [-0.1, -0.05) is 24.3 Å². The third-order valence-corrected chi connectivity index (χ3v) is 2.91. The van der Waals surface area contributed by atoms with Crippen LogP contribution in [0.3, 0.4) is 0 Å². The van der Waals surface area contributed by atoms with Gasteiger partial charge in [-0.25, -0.2) is 0 Å². The lowest BCUT2D eigenvalue weighted by atomic mass is 10.1. The Hall–Kier alpha value is -2.80. The van der Waals surface area contributed by atoms with Crippen LogP contribution in [-0.2, 0) is 17.8 Å². The summed E-state index contributed by atoms with van der Waals surface area (Å²) < 4.78 is 0. The summed E-state index contributed by atoms with van der Waals surface area (Å²) in [5, 5.41) is 12.0. The van der Waals surface area contributed by atoms with Crippen LogP contribution in [0.4, 0.5) is 5.69 Å². The standard InChI is InChI=1S/C16H15N3O/c17-10-13-1-3-14(4-2-13)11-19-15-7-5-12(6-8-15)9-16(18)20/h1-8,19H,9,11H2,(H2,18,20). The van der Waals surface area contributed by atoms with Crippen LogP contribution in [0.5, 0.6) is 0 Å². The lowest BCUT2D eigenvalue weighted by molar-refractivity contribution is -0.117. The van der Waals surface area contributed by atoms with Gasteiger partial charge >= 0.3 is 0 Å². The maximum atomic E-state index is 10.8. The Bertz CT molecular complexity index is 624. The fourth-order valence-corrected chi connectivity index (χ4v) is 1.84. The molecule has 0 spiro atoms. The van der Waals surface area contributed by atoms with Crippen molar-refractivity contribution in [3.63, 3.8) is 0 Å². The number of carbonyl (C=O) groups is 1. The van der Waals surface area contributed by atoms with Gasteiger partial charge in [-0.15, -0.1) is 0 Å². The zero-order valence-electron chi connectivity index (χ0n) is 11.0. The van der Waals surface area contributed by atoms with Crippen LogP contribution in [0.25, 0.3) is 0 Å². The van der Waals surface area contributed by atoms with Gasteiger partial charge in [0.25, 0.3) is 0 Å². The van der Waals surface area contributed by atoms with E-state index in [-0.39, 0.29) is 12.3 Å². The number of hydrogen-bond acceptors (Lipinski definition) is 3. The minimum Gasteiger partial charge on any atom is -0.381 e. The summed E-state index contributed by atoms with van der Waals surface area (Å²) in [6, 6.07) is 17.1. The molecular formula is C16H15N3O. The van der Waals surface area contributed by atoms with Gasteiger partial charge in [0.2, 0.25) is 5.91 Å². The predicted molar refractivity (Wildman–Crippen MR) is 77.8 cm³/mol. The molecule has 0 aliphatic heterocycles. The van der Waals surface area contributed by atoms with Crippen molar-refractivity contribution < 1.29 is 4.79 Å². The summed E-state index contributed by atoms with van der Waals surface area (Å²) in [6.45, 7) is 0.681. The van der Waals surface area contributed by atoms with E-state index in [1.807, 2.05) is 36.4 Å². The number of hydrogen-bond donors (Lipinski definition) is 2. The van der Waals surface area contributed by atoms with Crippen molar-refractivity contribution in [2.75, 3.05) is 5.32 Å². The Morgan fingerprint density at radius 1 is 1.05 bits per heavy atom. The second-order valence-corrected chi connectivity index (χ2v) is 4.50. The fraction of sp³-hybridized carbons (Fsp3) is 0.125. The highest BCUT2D eigenvalue weighted by Gasteiger charge is 1.99. The molecule has 3 N–H and O–H groups in total. The predicted octanol–water partition coefficient (Wildman–Crippen LogP) is 2.20. The van der Waals surface area contributed by atoms with Crippen molar-refractivity contribution in [2.45, 2.75) is 13.0 Å². The van der Waals surface area contributed by atoms with Crippen LogP contribution < -0.4 is 11.1 Å². The van der Waals surface area contributed by atoms with Crippen molar-refractivity contribution in [1.29, 1.82) is 5.26 Å². The van der Waals surface area contributed by atoms with E-state index in [0.29, 0.717) is 12.1 Å². The minimum atomic E-state index is -0.330. The lowest BCUT2D eigenvalue weighted by Gasteiger charge is -2.07.